The molecule has 0 aliphatic rings. The van der Waals surface area contributed by atoms with Crippen LogP contribution in [-0.4, -0.2) is 127 Å². The van der Waals surface area contributed by atoms with Gasteiger partial charge in [0, 0.05) is 19.6 Å². The Hall–Kier alpha value is -0.890. The van der Waals surface area contributed by atoms with Crippen LogP contribution in [0.1, 0.15) is 0 Å². The number of hydrogen-bond acceptors (Lipinski definition) is 10. The van der Waals surface area contributed by atoms with Crippen molar-refractivity contribution >= 4 is 5.97 Å². The molecule has 0 radical (unpaired) electrons. The summed E-state index contributed by atoms with van der Waals surface area (Å²) in [5, 5.41) is 77.3. The van der Waals surface area contributed by atoms with Crippen LogP contribution >= 0.6 is 0 Å². The van der Waals surface area contributed by atoms with Crippen molar-refractivity contribution in [3.63, 3.8) is 0 Å². The van der Waals surface area contributed by atoms with E-state index in [0.717, 1.165) is 0 Å². The van der Waals surface area contributed by atoms with Gasteiger partial charge in [-0.2, -0.15) is 0 Å². The zero-order valence-electron chi connectivity index (χ0n) is 12.6. The van der Waals surface area contributed by atoms with Crippen LogP contribution in [0, 0.1) is 0 Å². The predicted molar refractivity (Wildman–Crippen MR) is 76.4 cm³/mol. The molecule has 23 heavy (non-hydrogen) atoms. The Bertz CT molecular complexity index is 279. The molecular formula is C12H27NO10. The minimum Gasteiger partial charge on any atom is -0.479 e. The zero-order chi connectivity index (χ0) is 18.4. The van der Waals surface area contributed by atoms with E-state index in [0.29, 0.717) is 19.6 Å². The molecule has 0 heterocycles. The van der Waals surface area contributed by atoms with Gasteiger partial charge in [0.25, 0.3) is 0 Å². The lowest BCUT2D eigenvalue weighted by atomic mass is 10.0. The van der Waals surface area contributed by atoms with Crippen molar-refractivity contribution in [3.05, 3.63) is 0 Å². The lowest BCUT2D eigenvalue weighted by Crippen LogP contribution is -2.48. The first-order valence-electron chi connectivity index (χ1n) is 6.87. The fraction of sp³-hybridized carbons (Fsp3) is 0.917. The standard InChI is InChI=1S/C6H15NO3.C6H12O7/c8-4-1-7(2-5-9)3-6-10;7-1-2(8)3(9)4(10)5(11)6(12)13/h8-10H,1-6H2;2-5,7-11H,1H2,(H,12,13)/t;2-,3-,4+,5-/m.1/s1. The first-order valence-corrected chi connectivity index (χ1v) is 6.87. The van der Waals surface area contributed by atoms with E-state index >= 15 is 0 Å². The van der Waals surface area contributed by atoms with Crippen LogP contribution < -0.4 is 0 Å². The Morgan fingerprint density at radius 1 is 0.783 bits per heavy atom. The fourth-order valence-electron chi connectivity index (χ4n) is 1.43. The number of nitrogens with zero attached hydrogens (tertiary/aromatic N) is 1. The monoisotopic (exact) mass is 345 g/mol. The highest BCUT2D eigenvalue weighted by molar-refractivity contribution is 5.72. The molecule has 0 spiro atoms. The van der Waals surface area contributed by atoms with Crippen LogP contribution in [0.3, 0.4) is 0 Å². The van der Waals surface area contributed by atoms with Gasteiger partial charge in [-0.1, -0.05) is 0 Å². The minimum atomic E-state index is -2.20. The molecule has 9 N–H and O–H groups in total. The van der Waals surface area contributed by atoms with Crippen molar-refractivity contribution in [2.75, 3.05) is 46.1 Å². The van der Waals surface area contributed by atoms with Gasteiger partial charge in [-0.05, 0) is 0 Å². The topological polar surface area (TPSA) is 202 Å². The lowest BCUT2D eigenvalue weighted by molar-refractivity contribution is -0.164. The Kier molecular flexibility index (Phi) is 15.6. The van der Waals surface area contributed by atoms with Crippen molar-refractivity contribution in [3.8, 4) is 0 Å². The van der Waals surface area contributed by atoms with Crippen LogP contribution in [0.4, 0.5) is 0 Å². The molecule has 0 fully saturated rings. The summed E-state index contributed by atoms with van der Waals surface area (Å²) >= 11 is 0. The molecular weight excluding hydrogens is 318 g/mol. The lowest BCUT2D eigenvalue weighted by Gasteiger charge is -2.23. The third kappa shape index (κ3) is 11.3. The average Bonchev–Trinajstić information content (AvgIpc) is 2.53. The smallest absolute Gasteiger partial charge is 0.335 e. The summed E-state index contributed by atoms with van der Waals surface area (Å²) in [7, 11) is 0. The van der Waals surface area contributed by atoms with E-state index < -0.39 is 37.0 Å². The molecule has 0 aromatic carbocycles. The normalized spacial score (nSPS) is 16.2. The molecule has 0 aliphatic carbocycles. The summed E-state index contributed by atoms with van der Waals surface area (Å²) in [6.07, 6.45) is -7.84. The van der Waals surface area contributed by atoms with Gasteiger partial charge in [-0.25, -0.2) is 4.79 Å². The second kappa shape index (κ2) is 14.7. The Labute approximate surface area is 133 Å². The molecule has 0 saturated heterocycles. The van der Waals surface area contributed by atoms with E-state index in [9.17, 15) is 4.79 Å². The van der Waals surface area contributed by atoms with Crippen LogP contribution in [0.15, 0.2) is 0 Å². The van der Waals surface area contributed by atoms with Gasteiger partial charge in [-0.15, -0.1) is 0 Å². The maximum Gasteiger partial charge on any atom is 0.335 e. The van der Waals surface area contributed by atoms with E-state index in [4.69, 9.17) is 46.0 Å². The summed E-state index contributed by atoms with van der Waals surface area (Å²) in [5.41, 5.74) is 0. The van der Waals surface area contributed by atoms with Crippen LogP contribution in [-0.2, 0) is 4.79 Å². The molecule has 140 valence electrons. The molecule has 11 nitrogen and oxygen atoms in total. The summed E-state index contributed by atoms with van der Waals surface area (Å²) in [6.45, 7) is 0.911. The number of aliphatic hydroxyl groups excluding tert-OH is 8. The Morgan fingerprint density at radius 3 is 1.43 bits per heavy atom. The molecule has 0 aromatic heterocycles. The molecule has 0 bridgehead atoms. The molecule has 11 heteroatoms. The van der Waals surface area contributed by atoms with Gasteiger partial charge in [0.05, 0.1) is 26.4 Å². The molecule has 0 unspecified atom stereocenters. The Morgan fingerprint density at radius 2 is 1.17 bits per heavy atom. The van der Waals surface area contributed by atoms with Crippen molar-refractivity contribution in [1.29, 1.82) is 0 Å². The van der Waals surface area contributed by atoms with Crippen molar-refractivity contribution in [2.24, 2.45) is 0 Å². The van der Waals surface area contributed by atoms with E-state index in [-0.39, 0.29) is 19.8 Å². The number of carboxylic acid groups (broad SMARTS) is 1. The molecule has 0 amide bonds. The zero-order valence-corrected chi connectivity index (χ0v) is 12.6. The molecule has 0 rings (SSSR count). The number of hydrogen-bond donors (Lipinski definition) is 9. The molecule has 0 saturated carbocycles. The molecule has 0 aliphatic heterocycles. The maximum atomic E-state index is 10.1. The van der Waals surface area contributed by atoms with Crippen molar-refractivity contribution in [1.82, 2.24) is 4.90 Å². The Balaban J connectivity index is 0. The second-order valence-corrected chi connectivity index (χ2v) is 4.53. The highest BCUT2D eigenvalue weighted by atomic mass is 16.4. The van der Waals surface area contributed by atoms with Gasteiger partial charge in [0.15, 0.2) is 6.10 Å². The fourth-order valence-corrected chi connectivity index (χ4v) is 1.43. The van der Waals surface area contributed by atoms with Gasteiger partial charge in [0.2, 0.25) is 0 Å². The van der Waals surface area contributed by atoms with Crippen molar-refractivity contribution in [2.45, 2.75) is 24.4 Å². The number of carbonyl (C=O) groups is 1. The highest BCUT2D eigenvalue weighted by Gasteiger charge is 2.33. The third-order valence-corrected chi connectivity index (χ3v) is 2.76. The van der Waals surface area contributed by atoms with Gasteiger partial charge in [-0.3, -0.25) is 4.90 Å². The molecule has 4 atom stereocenters. The van der Waals surface area contributed by atoms with Gasteiger partial charge in [0.1, 0.15) is 18.3 Å². The SMILES string of the molecule is O=C(O)[C@H](O)[C@@H](O)[C@H](O)[C@H](O)CO.OCCN(CCO)CCO. The number of aliphatic hydroxyl groups is 8. The first-order chi connectivity index (χ1) is 10.8. The summed E-state index contributed by atoms with van der Waals surface area (Å²) in [6, 6.07) is 0. The highest BCUT2D eigenvalue weighted by Crippen LogP contribution is 2.04. The van der Waals surface area contributed by atoms with Crippen LogP contribution in [0.5, 0.6) is 0 Å². The number of carboxylic acids is 1. The maximum absolute atomic E-state index is 10.1. The number of aliphatic carboxylic acids is 1. The summed E-state index contributed by atoms with van der Waals surface area (Å²) < 4.78 is 0. The second-order valence-electron chi connectivity index (χ2n) is 4.53. The van der Waals surface area contributed by atoms with Gasteiger partial charge < -0.3 is 46.0 Å². The van der Waals surface area contributed by atoms with Crippen LogP contribution in [0.2, 0.25) is 0 Å². The quantitative estimate of drug-likeness (QED) is 0.173. The average molecular weight is 345 g/mol. The van der Waals surface area contributed by atoms with Gasteiger partial charge >= 0.3 is 5.97 Å². The first kappa shape index (κ1) is 24.4. The van der Waals surface area contributed by atoms with E-state index in [1.165, 1.54) is 0 Å². The van der Waals surface area contributed by atoms with Crippen molar-refractivity contribution < 1.29 is 50.8 Å². The van der Waals surface area contributed by atoms with E-state index in [2.05, 4.69) is 0 Å². The van der Waals surface area contributed by atoms with Crippen LogP contribution in [0.25, 0.3) is 0 Å². The largest absolute Gasteiger partial charge is 0.479 e. The van der Waals surface area contributed by atoms with E-state index in [1.54, 1.807) is 4.90 Å². The summed E-state index contributed by atoms with van der Waals surface area (Å²) in [5.74, 6) is -1.73. The number of rotatable bonds is 11. The summed E-state index contributed by atoms with van der Waals surface area (Å²) in [4.78, 5) is 11.9. The minimum absolute atomic E-state index is 0.0694. The van der Waals surface area contributed by atoms with E-state index in [1.807, 2.05) is 0 Å². The molecule has 0 aromatic rings. The predicted octanol–water partition coefficient (Wildman–Crippen LogP) is -5.23. The third-order valence-electron chi connectivity index (χ3n) is 2.76.